The van der Waals surface area contributed by atoms with Crippen molar-refractivity contribution in [1.29, 1.82) is 0 Å². The molecule has 2 aliphatic heterocycles. The summed E-state index contributed by atoms with van der Waals surface area (Å²) < 4.78 is 58.0. The van der Waals surface area contributed by atoms with E-state index in [4.69, 9.17) is 32.7 Å². The lowest BCUT2D eigenvalue weighted by Gasteiger charge is -2.46. The second kappa shape index (κ2) is 11.6. The van der Waals surface area contributed by atoms with E-state index >= 15 is 0 Å². The lowest BCUT2D eigenvalue weighted by Crippen LogP contribution is -2.60. The first-order valence-electron chi connectivity index (χ1n) is 12.4. The van der Waals surface area contributed by atoms with Crippen LogP contribution in [0.4, 0.5) is 18.0 Å². The smallest absolute Gasteiger partial charge is 0.451 e. The van der Waals surface area contributed by atoms with Gasteiger partial charge in [-0.2, -0.15) is 13.2 Å². The maximum Gasteiger partial charge on any atom is 0.510 e. The lowest BCUT2D eigenvalue weighted by molar-refractivity contribution is -0.173. The number of carbonyl (C=O) groups excluding carboxylic acids is 2. The van der Waals surface area contributed by atoms with Crippen LogP contribution in [0, 0.1) is 0 Å². The van der Waals surface area contributed by atoms with Crippen LogP contribution in [0.2, 0.25) is 10.0 Å². The maximum atomic E-state index is 14.1. The molecule has 5 rings (SSSR count). The van der Waals surface area contributed by atoms with Crippen molar-refractivity contribution in [1.82, 2.24) is 9.58 Å². The molecule has 2 aromatic carbocycles. The lowest BCUT2D eigenvalue weighted by atomic mass is 9.94. The van der Waals surface area contributed by atoms with Crippen LogP contribution in [0.5, 0.6) is 5.75 Å². The van der Waals surface area contributed by atoms with Gasteiger partial charge in [-0.25, -0.2) is 4.79 Å². The summed E-state index contributed by atoms with van der Waals surface area (Å²) in [5.74, 6) is -1.32. The number of hydrogen-bond donors (Lipinski definition) is 0. The third-order valence-electron chi connectivity index (χ3n) is 6.94. The molecule has 1 aromatic heterocycles. The Morgan fingerprint density at radius 2 is 1.86 bits per heavy atom. The number of nitrogens with zero attached hydrogens (tertiary/aromatic N) is 3. The molecule has 2 atom stereocenters. The van der Waals surface area contributed by atoms with E-state index in [1.54, 1.807) is 18.2 Å². The predicted molar refractivity (Wildman–Crippen MR) is 149 cm³/mol. The van der Waals surface area contributed by atoms with Crippen molar-refractivity contribution in [2.45, 2.75) is 35.8 Å². The van der Waals surface area contributed by atoms with E-state index in [0.29, 0.717) is 26.8 Å². The molecule has 9 nitrogen and oxygen atoms in total. The first-order chi connectivity index (χ1) is 19.9. The highest BCUT2D eigenvalue weighted by Crippen LogP contribution is 2.46. The Hall–Kier alpha value is -3.55. The molecule has 0 radical (unpaired) electrons. The molecule has 2 aliphatic rings. The van der Waals surface area contributed by atoms with E-state index < -0.39 is 65.7 Å². The number of methoxy groups -OCH3 is 1. The van der Waals surface area contributed by atoms with Crippen LogP contribution >= 0.6 is 35.0 Å². The van der Waals surface area contributed by atoms with E-state index in [9.17, 15) is 27.6 Å². The summed E-state index contributed by atoms with van der Waals surface area (Å²) in [7, 11) is 1.04. The van der Waals surface area contributed by atoms with Crippen molar-refractivity contribution < 1.29 is 37.0 Å². The Morgan fingerprint density at radius 3 is 2.57 bits per heavy atom. The Bertz CT molecular complexity index is 1620. The van der Waals surface area contributed by atoms with Crippen LogP contribution in [0.3, 0.4) is 0 Å². The fraction of sp³-hybridized carbons (Fsp3) is 0.296. The van der Waals surface area contributed by atoms with Crippen molar-refractivity contribution in [3.05, 3.63) is 91.3 Å². The number of halogens is 5. The van der Waals surface area contributed by atoms with Crippen molar-refractivity contribution in [3.8, 4) is 5.75 Å². The van der Waals surface area contributed by atoms with Gasteiger partial charge in [-0.3, -0.25) is 19.3 Å². The Morgan fingerprint density at radius 1 is 1.12 bits per heavy atom. The third-order valence-corrected chi connectivity index (χ3v) is 8.68. The van der Waals surface area contributed by atoms with Crippen LogP contribution in [0.15, 0.2) is 58.4 Å². The Labute approximate surface area is 251 Å². The molecule has 3 aromatic rings. The monoisotopic (exact) mass is 643 g/mol. The molecule has 0 fully saturated rings. The summed E-state index contributed by atoms with van der Waals surface area (Å²) in [5.41, 5.74) is 0.630. The predicted octanol–water partition coefficient (Wildman–Crippen LogP) is 5.97. The number of thioether (sulfide) groups is 1. The maximum absolute atomic E-state index is 14.1. The van der Waals surface area contributed by atoms with E-state index in [0.717, 1.165) is 30.7 Å². The number of benzene rings is 2. The molecule has 0 bridgehead atoms. The van der Waals surface area contributed by atoms with Gasteiger partial charge >= 0.3 is 12.3 Å². The molecule has 42 heavy (non-hydrogen) atoms. The van der Waals surface area contributed by atoms with Gasteiger partial charge in [0, 0.05) is 27.4 Å². The van der Waals surface area contributed by atoms with Crippen molar-refractivity contribution in [2.24, 2.45) is 0 Å². The largest absolute Gasteiger partial charge is 0.510 e. The minimum atomic E-state index is -4.81. The van der Waals surface area contributed by atoms with E-state index in [-0.39, 0.29) is 0 Å². The first-order valence-corrected chi connectivity index (χ1v) is 14.1. The van der Waals surface area contributed by atoms with Gasteiger partial charge in [0.05, 0.1) is 7.11 Å². The molecule has 0 spiro atoms. The van der Waals surface area contributed by atoms with Gasteiger partial charge in [-0.05, 0) is 30.2 Å². The van der Waals surface area contributed by atoms with Crippen molar-refractivity contribution in [3.63, 3.8) is 0 Å². The highest BCUT2D eigenvalue weighted by molar-refractivity contribution is 7.98. The second-order valence-corrected chi connectivity index (χ2v) is 11.1. The molecular formula is C27H22Cl2F3N3O6S. The molecule has 0 unspecified atom stereocenters. The Kier molecular flexibility index (Phi) is 8.28. The van der Waals surface area contributed by atoms with Crippen LogP contribution in [-0.4, -0.2) is 54.4 Å². The van der Waals surface area contributed by atoms with E-state index in [1.807, 2.05) is 24.3 Å². The summed E-state index contributed by atoms with van der Waals surface area (Å²) in [6.45, 7) is -0.592. The zero-order valence-corrected chi connectivity index (χ0v) is 24.3. The normalized spacial score (nSPS) is 17.0. The molecule has 222 valence electrons. The highest BCUT2D eigenvalue weighted by Gasteiger charge is 2.48. The highest BCUT2D eigenvalue weighted by atomic mass is 35.5. The molecule has 0 saturated heterocycles. The van der Waals surface area contributed by atoms with Gasteiger partial charge in [0.25, 0.3) is 5.91 Å². The van der Waals surface area contributed by atoms with Gasteiger partial charge < -0.3 is 19.1 Å². The molecule has 0 N–H and O–H groups in total. The van der Waals surface area contributed by atoms with Crippen molar-refractivity contribution in [2.75, 3.05) is 25.6 Å². The minimum Gasteiger partial charge on any atom is -0.451 e. The Balaban J connectivity index is 1.77. The molecular weight excluding hydrogens is 622 g/mol. The SMILES string of the molecule is COC(=O)OCOc1c2n(cc(Cl)c1=O)N([C@@H]1c3ccccc3SCc3cccc(Cl)c31)CN([C@H](C)C(F)(F)F)C2=O. The minimum absolute atomic E-state index is 0.360. The summed E-state index contributed by atoms with van der Waals surface area (Å²) in [5, 5.41) is 1.45. The van der Waals surface area contributed by atoms with E-state index in [1.165, 1.54) is 21.4 Å². The van der Waals surface area contributed by atoms with Crippen LogP contribution in [0.25, 0.3) is 0 Å². The van der Waals surface area contributed by atoms with Gasteiger partial charge in [-0.1, -0.05) is 53.5 Å². The third kappa shape index (κ3) is 5.36. The molecule has 3 heterocycles. The van der Waals surface area contributed by atoms with Gasteiger partial charge in [-0.15, -0.1) is 11.8 Å². The number of pyridine rings is 1. The first kappa shape index (κ1) is 29.9. The summed E-state index contributed by atoms with van der Waals surface area (Å²) in [6, 6.07) is 9.58. The number of ether oxygens (including phenoxy) is 3. The summed E-state index contributed by atoms with van der Waals surface area (Å²) in [4.78, 5) is 39.8. The number of aromatic nitrogens is 1. The molecule has 15 heteroatoms. The van der Waals surface area contributed by atoms with E-state index in [2.05, 4.69) is 4.74 Å². The van der Waals surface area contributed by atoms with Gasteiger partial charge in [0.1, 0.15) is 23.8 Å². The quantitative estimate of drug-likeness (QED) is 0.248. The number of fused-ring (bicyclic) bond motifs is 3. The molecule has 0 aliphatic carbocycles. The van der Waals surface area contributed by atoms with Crippen molar-refractivity contribution >= 4 is 47.0 Å². The fourth-order valence-electron chi connectivity index (χ4n) is 4.86. The number of hydrogen-bond acceptors (Lipinski definition) is 8. The topological polar surface area (TPSA) is 90.3 Å². The number of carbonyl (C=O) groups is 2. The average Bonchev–Trinajstić information content (AvgIpc) is 3.12. The summed E-state index contributed by atoms with van der Waals surface area (Å²) in [6.07, 6.45) is -4.80. The van der Waals surface area contributed by atoms with Crippen LogP contribution in [-0.2, 0) is 15.2 Å². The number of amides is 1. The molecule has 1 amide bonds. The molecule has 0 saturated carbocycles. The summed E-state index contributed by atoms with van der Waals surface area (Å²) >= 11 is 14.6. The number of alkyl halides is 3. The van der Waals surface area contributed by atoms with Gasteiger partial charge in [0.15, 0.2) is 5.69 Å². The van der Waals surface area contributed by atoms with Crippen LogP contribution < -0.4 is 15.2 Å². The standard InChI is InChI=1S/C27H22Cl2F3N3O6S/c1-14(27(30,31)32)33-12-35(21-16-7-3-4-9-19(16)42-11-15-6-5-8-17(28)20(15)21)34-10-18(29)23(36)24(22(34)25(33)37)40-13-41-26(38)39-2/h3-10,14,21H,11-13H2,1-2H3/t14-,21-/m1/s1. The van der Waals surface area contributed by atoms with Gasteiger partial charge in [0.2, 0.25) is 18.0 Å². The second-order valence-electron chi connectivity index (χ2n) is 9.30. The number of rotatable bonds is 5. The zero-order valence-electron chi connectivity index (χ0n) is 22.0. The zero-order chi connectivity index (χ0) is 30.3. The van der Waals surface area contributed by atoms with Crippen LogP contribution in [0.1, 0.15) is 40.1 Å². The average molecular weight is 644 g/mol. The fourth-order valence-corrected chi connectivity index (χ4v) is 6.42.